The van der Waals surface area contributed by atoms with Gasteiger partial charge in [0.1, 0.15) is 12.4 Å². The van der Waals surface area contributed by atoms with E-state index in [9.17, 15) is 10.1 Å². The molecule has 0 bridgehead atoms. The fourth-order valence-electron chi connectivity index (χ4n) is 1.39. The zero-order valence-corrected chi connectivity index (χ0v) is 9.14. The van der Waals surface area contributed by atoms with E-state index in [4.69, 9.17) is 9.84 Å². The van der Waals surface area contributed by atoms with E-state index in [1.54, 1.807) is 6.07 Å². The summed E-state index contributed by atoms with van der Waals surface area (Å²) >= 11 is 0. The van der Waals surface area contributed by atoms with Crippen LogP contribution >= 0.6 is 0 Å². The van der Waals surface area contributed by atoms with E-state index < -0.39 is 4.92 Å². The first kappa shape index (κ1) is 12.3. The summed E-state index contributed by atoms with van der Waals surface area (Å²) in [5.74, 6) is 0.675. The van der Waals surface area contributed by atoms with Gasteiger partial charge in [-0.15, -0.1) is 0 Å². The zero-order chi connectivity index (χ0) is 12.1. The van der Waals surface area contributed by atoms with E-state index in [-0.39, 0.29) is 11.7 Å². The summed E-state index contributed by atoms with van der Waals surface area (Å²) in [7, 11) is 1.00. The van der Waals surface area contributed by atoms with Crippen molar-refractivity contribution < 1.29 is 14.8 Å². The van der Waals surface area contributed by atoms with Crippen LogP contribution in [-0.4, -0.2) is 29.8 Å². The fraction of sp³-hybridized carbons (Fsp3) is 0.400. The number of ether oxygens (including phenoxy) is 1. The molecule has 1 aliphatic heterocycles. The standard InChI is InChI=1S/C9H10N2O3.CH4O/c1-6-5-14-9-3-2-7(11(12)13)4-8(9)10-6;1-2/h2-4,6,10H,5H2,1H3;2H,1H3/t6-;/m1./s1. The molecule has 1 aromatic carbocycles. The topological polar surface area (TPSA) is 84.6 Å². The highest BCUT2D eigenvalue weighted by atomic mass is 16.6. The third-order valence-electron chi connectivity index (χ3n) is 2.06. The fourth-order valence-corrected chi connectivity index (χ4v) is 1.39. The number of rotatable bonds is 1. The van der Waals surface area contributed by atoms with Crippen LogP contribution in [0.5, 0.6) is 5.75 Å². The predicted octanol–water partition coefficient (Wildman–Crippen LogP) is 1.40. The van der Waals surface area contributed by atoms with Gasteiger partial charge >= 0.3 is 0 Å². The number of anilines is 1. The summed E-state index contributed by atoms with van der Waals surface area (Å²) in [6.07, 6.45) is 0. The maximum atomic E-state index is 10.5. The van der Waals surface area contributed by atoms with Gasteiger partial charge in [0.15, 0.2) is 0 Å². The molecule has 0 aliphatic carbocycles. The molecule has 6 heteroatoms. The van der Waals surface area contributed by atoms with Crippen molar-refractivity contribution in [3.63, 3.8) is 0 Å². The quantitative estimate of drug-likeness (QED) is 0.558. The van der Waals surface area contributed by atoms with Crippen molar-refractivity contribution in [1.82, 2.24) is 0 Å². The summed E-state index contributed by atoms with van der Waals surface area (Å²) in [6, 6.07) is 4.73. The van der Waals surface area contributed by atoms with Gasteiger partial charge in [0.25, 0.3) is 5.69 Å². The molecule has 2 rings (SSSR count). The second-order valence-electron chi connectivity index (χ2n) is 3.29. The number of nitrogens with zero attached hydrogens (tertiary/aromatic N) is 1. The number of aliphatic hydroxyl groups is 1. The molecule has 0 fully saturated rings. The third kappa shape index (κ3) is 2.60. The van der Waals surface area contributed by atoms with E-state index >= 15 is 0 Å². The van der Waals surface area contributed by atoms with Gasteiger partial charge in [-0.25, -0.2) is 0 Å². The van der Waals surface area contributed by atoms with Crippen LogP contribution in [0, 0.1) is 10.1 Å². The Kier molecular flexibility index (Phi) is 4.07. The molecule has 1 aliphatic rings. The van der Waals surface area contributed by atoms with Crippen LogP contribution in [0.25, 0.3) is 0 Å². The lowest BCUT2D eigenvalue weighted by Gasteiger charge is -2.24. The Morgan fingerprint density at radius 3 is 2.88 bits per heavy atom. The Morgan fingerprint density at radius 2 is 2.25 bits per heavy atom. The largest absolute Gasteiger partial charge is 0.489 e. The number of hydrogen-bond acceptors (Lipinski definition) is 5. The molecule has 16 heavy (non-hydrogen) atoms. The van der Waals surface area contributed by atoms with E-state index in [0.717, 1.165) is 7.11 Å². The number of nitrogens with one attached hydrogen (secondary N) is 1. The lowest BCUT2D eigenvalue weighted by atomic mass is 10.2. The van der Waals surface area contributed by atoms with Gasteiger partial charge in [-0.1, -0.05) is 0 Å². The SMILES string of the molecule is CO.C[C@@H]1COc2ccc([N+](=O)[O-])cc2N1. The Labute approximate surface area is 93.0 Å². The van der Waals surface area contributed by atoms with Crippen molar-refractivity contribution in [3.8, 4) is 5.75 Å². The first-order valence-corrected chi connectivity index (χ1v) is 4.79. The average Bonchev–Trinajstić information content (AvgIpc) is 2.30. The number of hydrogen-bond donors (Lipinski definition) is 2. The molecule has 6 nitrogen and oxygen atoms in total. The third-order valence-corrected chi connectivity index (χ3v) is 2.06. The number of fused-ring (bicyclic) bond motifs is 1. The highest BCUT2D eigenvalue weighted by Crippen LogP contribution is 2.32. The monoisotopic (exact) mass is 226 g/mol. The molecule has 0 amide bonds. The maximum absolute atomic E-state index is 10.5. The van der Waals surface area contributed by atoms with Crippen molar-refractivity contribution in [3.05, 3.63) is 28.3 Å². The number of nitro groups is 1. The first-order valence-electron chi connectivity index (χ1n) is 4.79. The minimum Gasteiger partial charge on any atom is -0.489 e. The van der Waals surface area contributed by atoms with Crippen LogP contribution < -0.4 is 10.1 Å². The van der Waals surface area contributed by atoms with Crippen molar-refractivity contribution in [2.45, 2.75) is 13.0 Å². The van der Waals surface area contributed by atoms with Gasteiger partial charge in [0.05, 0.1) is 16.7 Å². The van der Waals surface area contributed by atoms with Crippen LogP contribution in [0.1, 0.15) is 6.92 Å². The van der Waals surface area contributed by atoms with Crippen LogP contribution in [-0.2, 0) is 0 Å². The lowest BCUT2D eigenvalue weighted by molar-refractivity contribution is -0.384. The van der Waals surface area contributed by atoms with Crippen LogP contribution in [0.2, 0.25) is 0 Å². The Balaban J connectivity index is 0.000000606. The Hall–Kier alpha value is -1.82. The molecule has 0 saturated heterocycles. The number of benzene rings is 1. The summed E-state index contributed by atoms with van der Waals surface area (Å²) in [5, 5.41) is 20.6. The van der Waals surface area contributed by atoms with E-state index in [2.05, 4.69) is 5.32 Å². The van der Waals surface area contributed by atoms with Gasteiger partial charge in [-0.3, -0.25) is 10.1 Å². The second kappa shape index (κ2) is 5.32. The molecule has 0 unspecified atom stereocenters. The van der Waals surface area contributed by atoms with E-state index in [0.29, 0.717) is 18.0 Å². The number of aliphatic hydroxyl groups excluding tert-OH is 1. The van der Waals surface area contributed by atoms with Crippen molar-refractivity contribution in [2.24, 2.45) is 0 Å². The molecule has 1 atom stereocenters. The number of nitro benzene ring substituents is 1. The van der Waals surface area contributed by atoms with Gasteiger partial charge in [0, 0.05) is 19.2 Å². The molecule has 0 spiro atoms. The minimum absolute atomic E-state index is 0.0777. The van der Waals surface area contributed by atoms with E-state index in [1.807, 2.05) is 6.92 Å². The summed E-state index contributed by atoms with van der Waals surface area (Å²) in [6.45, 7) is 2.55. The average molecular weight is 226 g/mol. The number of non-ortho nitro benzene ring substituents is 1. The highest BCUT2D eigenvalue weighted by molar-refractivity contribution is 5.63. The van der Waals surface area contributed by atoms with Crippen LogP contribution in [0.4, 0.5) is 11.4 Å². The molecule has 1 aromatic rings. The molecule has 2 N–H and O–H groups in total. The molecule has 0 aromatic heterocycles. The van der Waals surface area contributed by atoms with Crippen molar-refractivity contribution >= 4 is 11.4 Å². The first-order chi connectivity index (χ1) is 7.66. The van der Waals surface area contributed by atoms with Crippen molar-refractivity contribution in [1.29, 1.82) is 0 Å². The predicted molar refractivity (Wildman–Crippen MR) is 59.8 cm³/mol. The summed E-state index contributed by atoms with van der Waals surface area (Å²) < 4.78 is 5.39. The van der Waals surface area contributed by atoms with Gasteiger partial charge in [-0.2, -0.15) is 0 Å². The molecule has 88 valence electrons. The molecule has 0 radical (unpaired) electrons. The summed E-state index contributed by atoms with van der Waals surface area (Å²) in [5.41, 5.74) is 0.770. The van der Waals surface area contributed by atoms with Gasteiger partial charge in [-0.05, 0) is 13.0 Å². The lowest BCUT2D eigenvalue weighted by Crippen LogP contribution is -2.28. The highest BCUT2D eigenvalue weighted by Gasteiger charge is 2.17. The molecule has 1 heterocycles. The van der Waals surface area contributed by atoms with Gasteiger partial charge in [0.2, 0.25) is 0 Å². The van der Waals surface area contributed by atoms with Crippen molar-refractivity contribution in [2.75, 3.05) is 19.0 Å². The zero-order valence-electron chi connectivity index (χ0n) is 9.14. The minimum atomic E-state index is -0.415. The maximum Gasteiger partial charge on any atom is 0.271 e. The Morgan fingerprint density at radius 1 is 1.56 bits per heavy atom. The molecular formula is C10H14N2O4. The normalized spacial score (nSPS) is 17.1. The molecular weight excluding hydrogens is 212 g/mol. The van der Waals surface area contributed by atoms with Crippen LogP contribution in [0.3, 0.4) is 0 Å². The molecule has 0 saturated carbocycles. The summed E-state index contributed by atoms with van der Waals surface area (Å²) in [4.78, 5) is 10.1. The van der Waals surface area contributed by atoms with Gasteiger partial charge < -0.3 is 15.2 Å². The smallest absolute Gasteiger partial charge is 0.271 e. The van der Waals surface area contributed by atoms with E-state index in [1.165, 1.54) is 12.1 Å². The van der Waals surface area contributed by atoms with Crippen LogP contribution in [0.15, 0.2) is 18.2 Å². The Bertz CT molecular complexity index is 381. The second-order valence-corrected chi connectivity index (χ2v) is 3.29.